The van der Waals surface area contributed by atoms with Crippen molar-refractivity contribution in [1.29, 1.82) is 5.26 Å². The van der Waals surface area contributed by atoms with Crippen molar-refractivity contribution in [3.05, 3.63) is 0 Å². The van der Waals surface area contributed by atoms with Crippen LogP contribution in [0.1, 0.15) is 26.7 Å². The highest BCUT2D eigenvalue weighted by molar-refractivity contribution is 4.93. The van der Waals surface area contributed by atoms with Crippen LogP contribution in [0.15, 0.2) is 0 Å². The molecule has 1 N–H and O–H groups in total. The Morgan fingerprint density at radius 3 is 2.75 bits per heavy atom. The molecular formula is C11H17NO4. The summed E-state index contributed by atoms with van der Waals surface area (Å²) in [6, 6.07) is 2.11. The molecule has 2 aliphatic rings. The predicted octanol–water partition coefficient (Wildman–Crippen LogP) is 0.775. The van der Waals surface area contributed by atoms with Crippen molar-refractivity contribution in [2.45, 2.75) is 51.0 Å². The molecular weight excluding hydrogens is 210 g/mol. The lowest BCUT2D eigenvalue weighted by atomic mass is 9.94. The number of rotatable bonds is 3. The van der Waals surface area contributed by atoms with Gasteiger partial charge in [0.1, 0.15) is 6.10 Å². The van der Waals surface area contributed by atoms with Crippen LogP contribution in [-0.4, -0.2) is 36.0 Å². The molecule has 5 heteroatoms. The fourth-order valence-electron chi connectivity index (χ4n) is 2.40. The zero-order valence-electron chi connectivity index (χ0n) is 9.55. The molecule has 0 amide bonds. The minimum Gasteiger partial charge on any atom is -0.394 e. The van der Waals surface area contributed by atoms with Gasteiger partial charge in [-0.25, -0.2) is 0 Å². The molecule has 0 spiro atoms. The first kappa shape index (κ1) is 11.8. The lowest BCUT2D eigenvalue weighted by Crippen LogP contribution is -2.31. The molecule has 0 radical (unpaired) electrons. The van der Waals surface area contributed by atoms with Crippen LogP contribution in [-0.2, 0) is 14.2 Å². The zero-order valence-corrected chi connectivity index (χ0v) is 9.55. The molecule has 90 valence electrons. The van der Waals surface area contributed by atoms with Gasteiger partial charge in [0.25, 0.3) is 0 Å². The summed E-state index contributed by atoms with van der Waals surface area (Å²) in [5.74, 6) is -0.600. The second-order valence-electron chi connectivity index (χ2n) is 4.69. The van der Waals surface area contributed by atoms with E-state index in [4.69, 9.17) is 19.5 Å². The van der Waals surface area contributed by atoms with Crippen LogP contribution in [0.5, 0.6) is 0 Å². The average molecular weight is 227 g/mol. The molecule has 16 heavy (non-hydrogen) atoms. The van der Waals surface area contributed by atoms with Gasteiger partial charge in [-0.15, -0.1) is 0 Å². The molecule has 0 bridgehead atoms. The fraction of sp³-hybridized carbons (Fsp3) is 0.909. The van der Waals surface area contributed by atoms with Gasteiger partial charge in [0, 0.05) is 12.3 Å². The van der Waals surface area contributed by atoms with E-state index in [1.807, 2.05) is 13.8 Å². The molecule has 0 aromatic carbocycles. The van der Waals surface area contributed by atoms with Crippen LogP contribution in [0.2, 0.25) is 0 Å². The Morgan fingerprint density at radius 1 is 1.38 bits per heavy atom. The highest BCUT2D eigenvalue weighted by Gasteiger charge is 2.53. The van der Waals surface area contributed by atoms with E-state index in [0.29, 0.717) is 12.8 Å². The van der Waals surface area contributed by atoms with E-state index in [0.717, 1.165) is 0 Å². The van der Waals surface area contributed by atoms with Crippen LogP contribution in [0.4, 0.5) is 0 Å². The van der Waals surface area contributed by atoms with Crippen molar-refractivity contribution < 1.29 is 19.3 Å². The molecule has 2 rings (SSSR count). The molecule has 5 nitrogen and oxygen atoms in total. The van der Waals surface area contributed by atoms with Crippen LogP contribution in [0.3, 0.4) is 0 Å². The van der Waals surface area contributed by atoms with E-state index in [1.54, 1.807) is 0 Å². The summed E-state index contributed by atoms with van der Waals surface area (Å²) in [7, 11) is 0. The summed E-state index contributed by atoms with van der Waals surface area (Å²) in [5.41, 5.74) is 0. The maximum absolute atomic E-state index is 9.20. The Balaban J connectivity index is 2.05. The Hall–Kier alpha value is -0.670. The number of fused-ring (bicyclic) bond motifs is 1. The normalized spacial score (nSPS) is 40.6. The first-order valence-electron chi connectivity index (χ1n) is 5.56. The quantitative estimate of drug-likeness (QED) is 0.771. The van der Waals surface area contributed by atoms with Crippen molar-refractivity contribution in [2.24, 2.45) is 5.92 Å². The Morgan fingerprint density at radius 2 is 2.12 bits per heavy atom. The minimum atomic E-state index is -0.638. The summed E-state index contributed by atoms with van der Waals surface area (Å²) in [5, 5.41) is 17.8. The van der Waals surface area contributed by atoms with Gasteiger partial charge in [-0.2, -0.15) is 5.26 Å². The van der Waals surface area contributed by atoms with Crippen LogP contribution < -0.4 is 0 Å². The lowest BCUT2D eigenvalue weighted by molar-refractivity contribution is -0.213. The van der Waals surface area contributed by atoms with Crippen LogP contribution >= 0.6 is 0 Å². The lowest BCUT2D eigenvalue weighted by Gasteiger charge is -2.24. The largest absolute Gasteiger partial charge is 0.394 e. The highest BCUT2D eigenvalue weighted by atomic mass is 16.8. The summed E-state index contributed by atoms with van der Waals surface area (Å²) in [6.07, 6.45) is 0.260. The van der Waals surface area contributed by atoms with Gasteiger partial charge in [0.15, 0.2) is 12.1 Å². The summed E-state index contributed by atoms with van der Waals surface area (Å²) in [4.78, 5) is 0. The maximum Gasteiger partial charge on any atom is 0.187 e. The number of nitrogens with zero attached hydrogens (tertiary/aromatic N) is 1. The maximum atomic E-state index is 9.20. The number of aliphatic hydroxyl groups is 1. The monoisotopic (exact) mass is 227 g/mol. The van der Waals surface area contributed by atoms with Gasteiger partial charge < -0.3 is 19.3 Å². The summed E-state index contributed by atoms with van der Waals surface area (Å²) >= 11 is 0. The van der Waals surface area contributed by atoms with Gasteiger partial charge in [-0.1, -0.05) is 0 Å². The number of ether oxygens (including phenoxy) is 3. The zero-order chi connectivity index (χ0) is 11.8. The van der Waals surface area contributed by atoms with E-state index in [1.165, 1.54) is 0 Å². The summed E-state index contributed by atoms with van der Waals surface area (Å²) < 4.78 is 16.9. The second kappa shape index (κ2) is 4.30. The van der Waals surface area contributed by atoms with Gasteiger partial charge in [-0.3, -0.25) is 0 Å². The molecule has 2 fully saturated rings. The van der Waals surface area contributed by atoms with E-state index in [9.17, 15) is 5.11 Å². The smallest absolute Gasteiger partial charge is 0.187 e. The molecule has 0 aliphatic carbocycles. The third kappa shape index (κ3) is 2.06. The van der Waals surface area contributed by atoms with Crippen LogP contribution in [0, 0.1) is 17.2 Å². The van der Waals surface area contributed by atoms with Crippen molar-refractivity contribution in [2.75, 3.05) is 6.61 Å². The Kier molecular flexibility index (Phi) is 3.17. The standard InChI is InChI=1S/C11H17NO4/c1-11(2)15-9-7(4-3-5-12)8(6-13)14-10(9)16-11/h7-10,13H,3-4,6H2,1-2H3/t7-,8-,9-,10-/m1/s1. The SMILES string of the molecule is CC1(C)O[C@H]2O[C@H](CO)[C@@H](CCC#N)[C@H]2O1. The molecule has 0 aromatic rings. The molecule has 4 atom stereocenters. The van der Waals surface area contributed by atoms with Gasteiger partial charge in [0.05, 0.1) is 18.8 Å². The molecule has 2 saturated heterocycles. The van der Waals surface area contributed by atoms with Crippen LogP contribution in [0.25, 0.3) is 0 Å². The number of hydrogen-bond acceptors (Lipinski definition) is 5. The van der Waals surface area contributed by atoms with Crippen molar-refractivity contribution in [1.82, 2.24) is 0 Å². The van der Waals surface area contributed by atoms with Gasteiger partial charge in [0.2, 0.25) is 0 Å². The minimum absolute atomic E-state index is 0.0384. The third-order valence-electron chi connectivity index (χ3n) is 3.07. The Bertz CT molecular complexity index is 299. The molecule has 0 saturated carbocycles. The Labute approximate surface area is 94.9 Å². The highest BCUT2D eigenvalue weighted by Crippen LogP contribution is 2.42. The third-order valence-corrected chi connectivity index (χ3v) is 3.07. The number of nitriles is 1. The molecule has 2 aliphatic heterocycles. The average Bonchev–Trinajstić information content (AvgIpc) is 2.67. The van der Waals surface area contributed by atoms with E-state index in [2.05, 4.69) is 6.07 Å². The summed E-state index contributed by atoms with van der Waals surface area (Å²) in [6.45, 7) is 3.62. The predicted molar refractivity (Wildman–Crippen MR) is 54.1 cm³/mol. The van der Waals surface area contributed by atoms with Crippen molar-refractivity contribution in [3.63, 3.8) is 0 Å². The molecule has 2 heterocycles. The second-order valence-corrected chi connectivity index (χ2v) is 4.69. The first-order chi connectivity index (χ1) is 7.57. The van der Waals surface area contributed by atoms with E-state index < -0.39 is 12.1 Å². The molecule has 0 unspecified atom stereocenters. The van der Waals surface area contributed by atoms with Crippen molar-refractivity contribution >= 4 is 0 Å². The molecule has 0 aromatic heterocycles. The number of hydrogen-bond donors (Lipinski definition) is 1. The number of aliphatic hydroxyl groups excluding tert-OH is 1. The topological polar surface area (TPSA) is 71.7 Å². The van der Waals surface area contributed by atoms with Gasteiger partial charge in [-0.05, 0) is 20.3 Å². The van der Waals surface area contributed by atoms with E-state index in [-0.39, 0.29) is 24.7 Å². The van der Waals surface area contributed by atoms with E-state index >= 15 is 0 Å². The van der Waals surface area contributed by atoms with Crippen molar-refractivity contribution in [3.8, 4) is 6.07 Å². The fourth-order valence-corrected chi connectivity index (χ4v) is 2.40. The van der Waals surface area contributed by atoms with Gasteiger partial charge >= 0.3 is 0 Å². The first-order valence-corrected chi connectivity index (χ1v) is 5.56.